The second-order valence-corrected chi connectivity index (χ2v) is 6.36. The van der Waals surface area contributed by atoms with E-state index >= 15 is 0 Å². The number of nitrogens with two attached hydrogens (primary N) is 1. The molecule has 1 aliphatic carbocycles. The molecule has 104 valence electrons. The molecular weight excluding hydrogens is 272 g/mol. The van der Waals surface area contributed by atoms with E-state index in [1.54, 1.807) is 9.40 Å². The summed E-state index contributed by atoms with van der Waals surface area (Å²) in [5.74, 6) is 0.440. The Kier molecular flexibility index (Phi) is 2.75. The number of ether oxygens (including phenoxy) is 1. The first-order chi connectivity index (χ1) is 8.97. The number of nitrogens with one attached hydrogen (secondary N) is 1. The van der Waals surface area contributed by atoms with Gasteiger partial charge in [-0.2, -0.15) is 13.5 Å². The molecule has 1 aliphatic heterocycles. The monoisotopic (exact) mass is 286 g/mol. The van der Waals surface area contributed by atoms with Gasteiger partial charge in [0.15, 0.2) is 5.03 Å². The summed E-state index contributed by atoms with van der Waals surface area (Å²) in [7, 11) is -3.99. The van der Waals surface area contributed by atoms with Crippen molar-refractivity contribution in [3.05, 3.63) is 11.8 Å². The van der Waals surface area contributed by atoms with Gasteiger partial charge in [0.05, 0.1) is 18.8 Å². The molecule has 0 unspecified atom stereocenters. The van der Waals surface area contributed by atoms with Crippen LogP contribution in [0.2, 0.25) is 0 Å². The van der Waals surface area contributed by atoms with Crippen LogP contribution >= 0.6 is 0 Å². The lowest BCUT2D eigenvalue weighted by Gasteiger charge is -2.23. The van der Waals surface area contributed by atoms with E-state index in [9.17, 15) is 13.2 Å². The summed E-state index contributed by atoms with van der Waals surface area (Å²) >= 11 is 0. The molecule has 1 atom stereocenters. The van der Waals surface area contributed by atoms with Crippen LogP contribution in [0.4, 0.5) is 4.79 Å². The molecule has 0 bridgehead atoms. The first-order valence-corrected chi connectivity index (χ1v) is 7.47. The average Bonchev–Trinajstić information content (AvgIpc) is 3.04. The van der Waals surface area contributed by atoms with E-state index in [2.05, 4.69) is 5.10 Å². The SMILES string of the molecule is NC(=O)NS(=O)(=O)c1cc2n(n1)CCO[C@@H]2C1CC1. The fraction of sp³-hybridized carbons (Fsp3) is 0.600. The van der Waals surface area contributed by atoms with Gasteiger partial charge < -0.3 is 10.5 Å². The summed E-state index contributed by atoms with van der Waals surface area (Å²) in [6.45, 7) is 1.02. The first-order valence-electron chi connectivity index (χ1n) is 5.99. The van der Waals surface area contributed by atoms with Gasteiger partial charge in [-0.3, -0.25) is 4.68 Å². The number of fused-ring (bicyclic) bond motifs is 1. The van der Waals surface area contributed by atoms with Crippen molar-refractivity contribution in [3.8, 4) is 0 Å². The molecule has 1 saturated carbocycles. The van der Waals surface area contributed by atoms with Crippen molar-refractivity contribution in [1.82, 2.24) is 14.5 Å². The molecule has 1 aromatic heterocycles. The maximum absolute atomic E-state index is 11.8. The topological polar surface area (TPSA) is 116 Å². The van der Waals surface area contributed by atoms with Crippen LogP contribution in [0.5, 0.6) is 0 Å². The highest BCUT2D eigenvalue weighted by atomic mass is 32.2. The highest BCUT2D eigenvalue weighted by Crippen LogP contribution is 2.44. The number of urea groups is 1. The molecule has 2 amide bonds. The minimum Gasteiger partial charge on any atom is -0.370 e. The van der Waals surface area contributed by atoms with Gasteiger partial charge in [-0.15, -0.1) is 0 Å². The Bertz CT molecular complexity index is 619. The zero-order chi connectivity index (χ0) is 13.6. The minimum absolute atomic E-state index is 0.0984. The summed E-state index contributed by atoms with van der Waals surface area (Å²) in [5, 5.41) is 3.82. The van der Waals surface area contributed by atoms with Crippen LogP contribution in [-0.4, -0.2) is 30.8 Å². The van der Waals surface area contributed by atoms with E-state index < -0.39 is 16.1 Å². The van der Waals surface area contributed by atoms with E-state index in [0.717, 1.165) is 18.5 Å². The number of nitrogens with zero attached hydrogens (tertiary/aromatic N) is 2. The number of hydrogen-bond donors (Lipinski definition) is 2. The fourth-order valence-corrected chi connectivity index (χ4v) is 3.11. The molecule has 1 fully saturated rings. The molecule has 3 rings (SSSR count). The van der Waals surface area contributed by atoms with Crippen molar-refractivity contribution in [2.24, 2.45) is 11.7 Å². The molecule has 0 aromatic carbocycles. The molecule has 8 nitrogen and oxygen atoms in total. The number of carbonyl (C=O) groups excluding carboxylic acids is 1. The summed E-state index contributed by atoms with van der Waals surface area (Å²) < 4.78 is 32.6. The fourth-order valence-electron chi connectivity index (χ4n) is 2.26. The van der Waals surface area contributed by atoms with E-state index in [-0.39, 0.29) is 11.1 Å². The van der Waals surface area contributed by atoms with Crippen LogP contribution in [0.15, 0.2) is 11.1 Å². The Morgan fingerprint density at radius 3 is 2.89 bits per heavy atom. The Hall–Kier alpha value is -1.61. The summed E-state index contributed by atoms with van der Waals surface area (Å²) in [5.41, 5.74) is 5.58. The average molecular weight is 286 g/mol. The normalized spacial score (nSPS) is 22.8. The highest BCUT2D eigenvalue weighted by molar-refractivity contribution is 7.90. The lowest BCUT2D eigenvalue weighted by molar-refractivity contribution is 0.00273. The largest absolute Gasteiger partial charge is 0.370 e. The van der Waals surface area contributed by atoms with Crippen LogP contribution in [0.25, 0.3) is 0 Å². The predicted molar refractivity (Wildman–Crippen MR) is 63.5 cm³/mol. The lowest BCUT2D eigenvalue weighted by Crippen LogP contribution is -2.35. The zero-order valence-electron chi connectivity index (χ0n) is 10.1. The standard InChI is InChI=1S/C10H14N4O4S/c11-10(15)13-19(16,17)8-5-7-9(6-1-2-6)18-4-3-14(7)12-8/h5-6,9H,1-4H2,(H3,11,13,15)/t9-/m1/s1. The van der Waals surface area contributed by atoms with Gasteiger partial charge in [0, 0.05) is 6.07 Å². The third kappa shape index (κ3) is 2.30. The predicted octanol–water partition coefficient (Wildman–Crippen LogP) is -0.279. The van der Waals surface area contributed by atoms with Crippen LogP contribution in [0.1, 0.15) is 24.6 Å². The second-order valence-electron chi connectivity index (χ2n) is 4.73. The first kappa shape index (κ1) is 12.4. The Morgan fingerprint density at radius 1 is 1.53 bits per heavy atom. The molecule has 0 radical (unpaired) electrons. The van der Waals surface area contributed by atoms with Gasteiger partial charge >= 0.3 is 6.03 Å². The molecule has 2 heterocycles. The van der Waals surface area contributed by atoms with Gasteiger partial charge in [-0.25, -0.2) is 9.52 Å². The maximum Gasteiger partial charge on any atom is 0.326 e. The molecule has 2 aliphatic rings. The summed E-state index contributed by atoms with van der Waals surface area (Å²) in [6, 6.07) is 0.328. The lowest BCUT2D eigenvalue weighted by atomic mass is 10.1. The number of rotatable bonds is 3. The van der Waals surface area contributed by atoms with Crippen molar-refractivity contribution in [1.29, 1.82) is 0 Å². The summed E-state index contributed by atoms with van der Waals surface area (Å²) in [4.78, 5) is 10.7. The molecule has 3 N–H and O–H groups in total. The van der Waals surface area contributed by atoms with E-state index in [1.807, 2.05) is 0 Å². The van der Waals surface area contributed by atoms with Crippen molar-refractivity contribution < 1.29 is 17.9 Å². The molecule has 0 spiro atoms. The van der Waals surface area contributed by atoms with E-state index in [4.69, 9.17) is 10.5 Å². The molecule has 0 saturated heterocycles. The third-order valence-corrected chi connectivity index (χ3v) is 4.46. The van der Waals surface area contributed by atoms with Gasteiger partial charge in [0.2, 0.25) is 0 Å². The Balaban J connectivity index is 1.95. The Morgan fingerprint density at radius 2 is 2.26 bits per heavy atom. The molecule has 9 heteroatoms. The number of sulfonamides is 1. The van der Waals surface area contributed by atoms with Crippen molar-refractivity contribution in [2.45, 2.75) is 30.5 Å². The zero-order valence-corrected chi connectivity index (χ0v) is 10.9. The molecule has 19 heavy (non-hydrogen) atoms. The quantitative estimate of drug-likeness (QED) is 0.792. The number of aromatic nitrogens is 2. The van der Waals surface area contributed by atoms with Crippen LogP contribution in [-0.2, 0) is 21.3 Å². The second kappa shape index (κ2) is 4.20. The minimum atomic E-state index is -3.99. The number of primary amides is 1. The third-order valence-electron chi connectivity index (χ3n) is 3.24. The number of carbonyl (C=O) groups is 1. The van der Waals surface area contributed by atoms with Gasteiger partial charge in [-0.1, -0.05) is 0 Å². The number of hydrogen-bond acceptors (Lipinski definition) is 5. The van der Waals surface area contributed by atoms with Crippen LogP contribution < -0.4 is 10.5 Å². The Labute approximate surface area is 110 Å². The molecular formula is C10H14N4O4S. The van der Waals surface area contributed by atoms with E-state index in [1.165, 1.54) is 6.07 Å². The van der Waals surface area contributed by atoms with Crippen LogP contribution in [0, 0.1) is 5.92 Å². The number of amides is 2. The van der Waals surface area contributed by atoms with Crippen molar-refractivity contribution >= 4 is 16.1 Å². The maximum atomic E-state index is 11.8. The molecule has 1 aromatic rings. The highest BCUT2D eigenvalue weighted by Gasteiger charge is 2.38. The van der Waals surface area contributed by atoms with Crippen LogP contribution in [0.3, 0.4) is 0 Å². The van der Waals surface area contributed by atoms with Gasteiger partial charge in [0.1, 0.15) is 6.10 Å². The van der Waals surface area contributed by atoms with Gasteiger partial charge in [-0.05, 0) is 18.8 Å². The van der Waals surface area contributed by atoms with Crippen molar-refractivity contribution in [3.63, 3.8) is 0 Å². The summed E-state index contributed by atoms with van der Waals surface area (Å²) in [6.07, 6.45) is 2.06. The van der Waals surface area contributed by atoms with Crippen molar-refractivity contribution in [2.75, 3.05) is 6.61 Å². The van der Waals surface area contributed by atoms with Gasteiger partial charge in [0.25, 0.3) is 10.0 Å². The van der Waals surface area contributed by atoms with E-state index in [0.29, 0.717) is 19.1 Å². The smallest absolute Gasteiger partial charge is 0.326 e.